The molecule has 0 aliphatic carbocycles. The number of piperidine rings is 1. The molecule has 1 aliphatic rings. The number of benzene rings is 2. The molecule has 1 atom stereocenters. The summed E-state index contributed by atoms with van der Waals surface area (Å²) in [4.78, 5) is 19.3. The van der Waals surface area contributed by atoms with Crippen molar-refractivity contribution in [2.75, 3.05) is 13.1 Å². The van der Waals surface area contributed by atoms with E-state index >= 15 is 0 Å². The van der Waals surface area contributed by atoms with Crippen LogP contribution < -0.4 is 5.56 Å². The predicted molar refractivity (Wildman–Crippen MR) is 148 cm³/mol. The van der Waals surface area contributed by atoms with Crippen LogP contribution in [0.4, 0.5) is 0 Å². The van der Waals surface area contributed by atoms with Crippen LogP contribution in [0.1, 0.15) is 74.2 Å². The van der Waals surface area contributed by atoms with Crippen LogP contribution in [-0.4, -0.2) is 43.2 Å². The van der Waals surface area contributed by atoms with Gasteiger partial charge < -0.3 is 4.98 Å². The lowest BCUT2D eigenvalue weighted by molar-refractivity contribution is 0.137. The topological polar surface area (TPSA) is 79.7 Å². The number of rotatable bonds is 7. The minimum atomic E-state index is -0.313. The molecule has 0 bridgehead atoms. The summed E-state index contributed by atoms with van der Waals surface area (Å²) in [5, 5.41) is 14.1. The normalized spacial score (nSPS) is 16.4. The van der Waals surface area contributed by atoms with Crippen LogP contribution in [-0.2, 0) is 12.0 Å². The Morgan fingerprint density at radius 2 is 1.76 bits per heavy atom. The second kappa shape index (κ2) is 10.2. The largest absolute Gasteiger partial charge is 0.321 e. The van der Waals surface area contributed by atoms with E-state index in [1.54, 1.807) is 0 Å². The second-order valence-corrected chi connectivity index (χ2v) is 11.2. The van der Waals surface area contributed by atoms with Gasteiger partial charge in [0.05, 0.1) is 11.1 Å². The van der Waals surface area contributed by atoms with Crippen molar-refractivity contribution in [1.29, 1.82) is 0 Å². The average molecular weight is 499 g/mol. The van der Waals surface area contributed by atoms with Crippen molar-refractivity contribution < 1.29 is 0 Å². The van der Waals surface area contributed by atoms with Gasteiger partial charge in [-0.3, -0.25) is 9.69 Å². The zero-order valence-electron chi connectivity index (χ0n) is 22.7. The average Bonchev–Trinajstić information content (AvgIpc) is 3.39. The molecule has 0 radical (unpaired) electrons. The first-order valence-electron chi connectivity index (χ1n) is 13.5. The molecule has 3 heterocycles. The van der Waals surface area contributed by atoms with Gasteiger partial charge in [0.25, 0.3) is 5.56 Å². The Labute approximate surface area is 218 Å². The first-order chi connectivity index (χ1) is 17.8. The van der Waals surface area contributed by atoms with Crippen molar-refractivity contribution in [2.24, 2.45) is 5.92 Å². The highest BCUT2D eigenvalue weighted by molar-refractivity contribution is 5.85. The van der Waals surface area contributed by atoms with Crippen LogP contribution in [0.3, 0.4) is 0 Å². The van der Waals surface area contributed by atoms with E-state index in [4.69, 9.17) is 0 Å². The summed E-state index contributed by atoms with van der Waals surface area (Å²) in [7, 11) is 0. The third kappa shape index (κ3) is 4.97. The number of aryl methyl sites for hydroxylation is 2. The van der Waals surface area contributed by atoms with Crippen molar-refractivity contribution in [1.82, 2.24) is 30.1 Å². The monoisotopic (exact) mass is 498 g/mol. The summed E-state index contributed by atoms with van der Waals surface area (Å²) in [6, 6.07) is 16.7. The SMILES string of the molecule is CCC(C)(C)n1nnnc1[C@@H](c1cc2c(C)ccc(C)c2[nH]c1=O)N1CCC(Cc2ccccc2)CC1. The van der Waals surface area contributed by atoms with Crippen molar-refractivity contribution in [2.45, 2.75) is 71.9 Å². The Hall–Kier alpha value is -3.32. The molecular weight excluding hydrogens is 460 g/mol. The predicted octanol–water partition coefficient (Wildman–Crippen LogP) is 5.32. The molecule has 37 heavy (non-hydrogen) atoms. The number of aromatic nitrogens is 5. The molecule has 7 heteroatoms. The molecule has 1 fully saturated rings. The number of nitrogens with zero attached hydrogens (tertiary/aromatic N) is 5. The fraction of sp³-hybridized carbons (Fsp3) is 0.467. The zero-order valence-corrected chi connectivity index (χ0v) is 22.7. The van der Waals surface area contributed by atoms with E-state index in [-0.39, 0.29) is 17.1 Å². The highest BCUT2D eigenvalue weighted by atomic mass is 16.1. The Kier molecular flexibility index (Phi) is 6.99. The van der Waals surface area contributed by atoms with Gasteiger partial charge in [0, 0.05) is 10.9 Å². The molecule has 0 saturated carbocycles. The second-order valence-electron chi connectivity index (χ2n) is 11.2. The van der Waals surface area contributed by atoms with Crippen molar-refractivity contribution in [3.63, 3.8) is 0 Å². The molecule has 4 aromatic rings. The van der Waals surface area contributed by atoms with Gasteiger partial charge >= 0.3 is 0 Å². The smallest absolute Gasteiger partial charge is 0.253 e. The molecule has 1 N–H and O–H groups in total. The Morgan fingerprint density at radius 1 is 1.05 bits per heavy atom. The molecule has 2 aromatic carbocycles. The molecule has 0 unspecified atom stereocenters. The van der Waals surface area contributed by atoms with E-state index in [2.05, 4.69) is 102 Å². The Bertz CT molecular complexity index is 1430. The van der Waals surface area contributed by atoms with Gasteiger partial charge in [-0.2, -0.15) is 0 Å². The fourth-order valence-electron chi connectivity index (χ4n) is 5.60. The van der Waals surface area contributed by atoms with E-state index < -0.39 is 0 Å². The number of pyridine rings is 1. The van der Waals surface area contributed by atoms with Crippen molar-refractivity contribution in [3.8, 4) is 0 Å². The number of aromatic amines is 1. The van der Waals surface area contributed by atoms with Crippen LogP contribution >= 0.6 is 0 Å². The first-order valence-corrected chi connectivity index (χ1v) is 13.5. The van der Waals surface area contributed by atoms with Crippen LogP contribution in [0.15, 0.2) is 53.3 Å². The minimum absolute atomic E-state index is 0.0681. The lowest BCUT2D eigenvalue weighted by atomic mass is 9.88. The Balaban J connectivity index is 1.55. The lowest BCUT2D eigenvalue weighted by Gasteiger charge is -2.38. The molecule has 7 nitrogen and oxygen atoms in total. The summed E-state index contributed by atoms with van der Waals surface area (Å²) in [6.45, 7) is 12.4. The van der Waals surface area contributed by atoms with E-state index in [9.17, 15) is 4.79 Å². The van der Waals surface area contributed by atoms with Gasteiger partial charge in [0.15, 0.2) is 5.82 Å². The number of likely N-dealkylation sites (tertiary alicyclic amines) is 1. The molecular formula is C30H38N6O. The van der Waals surface area contributed by atoms with Gasteiger partial charge in [-0.05, 0) is 106 Å². The van der Waals surface area contributed by atoms with Gasteiger partial charge in [-0.15, -0.1) is 5.10 Å². The third-order valence-electron chi connectivity index (χ3n) is 8.33. The van der Waals surface area contributed by atoms with Gasteiger partial charge in [-0.1, -0.05) is 49.4 Å². The van der Waals surface area contributed by atoms with Gasteiger partial charge in [0.2, 0.25) is 0 Å². The number of hydrogen-bond acceptors (Lipinski definition) is 5. The summed E-state index contributed by atoms with van der Waals surface area (Å²) in [6.07, 6.45) is 4.12. The van der Waals surface area contributed by atoms with Crippen LogP contribution in [0.25, 0.3) is 10.9 Å². The van der Waals surface area contributed by atoms with Crippen LogP contribution in [0.2, 0.25) is 0 Å². The molecule has 1 saturated heterocycles. The molecule has 2 aromatic heterocycles. The molecule has 0 amide bonds. The van der Waals surface area contributed by atoms with Crippen LogP contribution in [0.5, 0.6) is 0 Å². The number of hydrogen-bond donors (Lipinski definition) is 1. The summed E-state index contributed by atoms with van der Waals surface area (Å²) in [5.74, 6) is 1.37. The van der Waals surface area contributed by atoms with E-state index in [0.29, 0.717) is 11.5 Å². The molecule has 194 valence electrons. The maximum atomic E-state index is 13.7. The summed E-state index contributed by atoms with van der Waals surface area (Å²) in [5.41, 5.74) is 4.89. The lowest BCUT2D eigenvalue weighted by Crippen LogP contribution is -2.42. The third-order valence-corrected chi connectivity index (χ3v) is 8.33. The van der Waals surface area contributed by atoms with Gasteiger partial charge in [0.1, 0.15) is 6.04 Å². The molecule has 5 rings (SSSR count). The Morgan fingerprint density at radius 3 is 2.46 bits per heavy atom. The van der Waals surface area contributed by atoms with Crippen molar-refractivity contribution in [3.05, 3.63) is 87.0 Å². The van der Waals surface area contributed by atoms with E-state index in [0.717, 1.165) is 66.6 Å². The van der Waals surface area contributed by atoms with Crippen LogP contribution in [0, 0.1) is 19.8 Å². The molecule has 1 aliphatic heterocycles. The van der Waals surface area contributed by atoms with E-state index in [1.807, 2.05) is 11.6 Å². The van der Waals surface area contributed by atoms with Crippen molar-refractivity contribution >= 4 is 10.9 Å². The minimum Gasteiger partial charge on any atom is -0.321 e. The zero-order chi connectivity index (χ0) is 26.2. The quantitative estimate of drug-likeness (QED) is 0.373. The summed E-state index contributed by atoms with van der Waals surface area (Å²) >= 11 is 0. The standard InChI is InChI=1S/C30H38N6O/c1-6-30(4,5)36-28(32-33-34-36)27(25-19-24-20(2)12-13-21(3)26(24)31-29(25)37)35-16-14-23(15-17-35)18-22-10-8-7-9-11-22/h7-13,19,23,27H,6,14-18H2,1-5H3,(H,31,37)/t27-/m1/s1. The highest BCUT2D eigenvalue weighted by Gasteiger charge is 2.36. The fourth-order valence-corrected chi connectivity index (χ4v) is 5.60. The highest BCUT2D eigenvalue weighted by Crippen LogP contribution is 2.34. The van der Waals surface area contributed by atoms with E-state index in [1.165, 1.54) is 5.56 Å². The van der Waals surface area contributed by atoms with Gasteiger partial charge in [-0.25, -0.2) is 4.68 Å². The number of fused-ring (bicyclic) bond motifs is 1. The maximum absolute atomic E-state index is 13.7. The maximum Gasteiger partial charge on any atom is 0.253 e. The number of H-pyrrole nitrogens is 1. The summed E-state index contributed by atoms with van der Waals surface area (Å²) < 4.78 is 1.93. The number of nitrogens with one attached hydrogen (secondary N) is 1. The molecule has 0 spiro atoms. The first kappa shape index (κ1) is 25.3. The number of tetrazole rings is 1.